The average molecular weight is 685 g/mol. The van der Waals surface area contributed by atoms with Gasteiger partial charge in [0.15, 0.2) is 5.69 Å². The summed E-state index contributed by atoms with van der Waals surface area (Å²) in [5.41, 5.74) is -1.42. The number of nitrogens with zero attached hydrogens (tertiary/aromatic N) is 5. The van der Waals surface area contributed by atoms with Crippen LogP contribution >= 0.6 is 27.5 Å². The predicted octanol–water partition coefficient (Wildman–Crippen LogP) is 4.33. The van der Waals surface area contributed by atoms with E-state index >= 15 is 0 Å². The van der Waals surface area contributed by atoms with Crippen molar-refractivity contribution in [3.8, 4) is 5.75 Å². The molecule has 2 amide bonds. The quantitative estimate of drug-likeness (QED) is 0.374. The molecule has 228 valence electrons. The Hall–Kier alpha value is -3.85. The number of alkyl halides is 3. The Labute approximate surface area is 256 Å². The number of carbonyl (C=O) groups excluding carboxylic acids is 2. The number of fused-ring (bicyclic) bond motifs is 2. The number of hydrogen-bond donors (Lipinski definition) is 3. The lowest BCUT2D eigenvalue weighted by atomic mass is 9.71. The zero-order valence-corrected chi connectivity index (χ0v) is 25.1. The number of halogens is 5. The molecular weight excluding hydrogens is 659 g/mol. The first kappa shape index (κ1) is 30.6. The first-order valence-corrected chi connectivity index (χ1v) is 14.4. The van der Waals surface area contributed by atoms with Crippen LogP contribution in [0.3, 0.4) is 0 Å². The topological polar surface area (TPSA) is 138 Å². The minimum absolute atomic E-state index is 0.0576. The molecule has 3 N–H and O–H groups in total. The van der Waals surface area contributed by atoms with Gasteiger partial charge in [0.1, 0.15) is 12.3 Å². The zero-order valence-electron chi connectivity index (χ0n) is 22.7. The number of hydrogen-bond acceptors (Lipinski definition) is 6. The molecule has 1 atom stereocenters. The van der Waals surface area contributed by atoms with Crippen molar-refractivity contribution in [1.82, 2.24) is 29.4 Å². The summed E-state index contributed by atoms with van der Waals surface area (Å²) < 4.78 is 41.8. The maximum Gasteiger partial charge on any atom is 0.416 e. The number of aromatic nitrogens is 5. The summed E-state index contributed by atoms with van der Waals surface area (Å²) in [6, 6.07) is 5.42. The highest BCUT2D eigenvalue weighted by Crippen LogP contribution is 2.42. The summed E-state index contributed by atoms with van der Waals surface area (Å²) in [7, 11) is 1.67. The van der Waals surface area contributed by atoms with Crippen LogP contribution in [0.4, 0.5) is 18.9 Å². The van der Waals surface area contributed by atoms with E-state index in [0.29, 0.717) is 43.1 Å². The fraction of sp³-hybridized carbons (Fsp3) is 0.370. The number of likely N-dealkylation sites (tertiary alicyclic amines) is 1. The molecule has 1 spiro atoms. The van der Waals surface area contributed by atoms with Crippen molar-refractivity contribution in [2.45, 2.75) is 43.8 Å². The SMILES string of the molecule is Cn1[nH]c2c(c(=O)n(CC(=O)Nc3ccc(C(F)(F)F)cc3Cl)nc1Br)C1(CCC2)CCN(C(=O)c2ncccc2O)C1. The van der Waals surface area contributed by atoms with Gasteiger partial charge in [0, 0.05) is 43.0 Å². The number of anilines is 1. The molecule has 1 aromatic carbocycles. The predicted molar refractivity (Wildman–Crippen MR) is 153 cm³/mol. The maximum atomic E-state index is 14.2. The van der Waals surface area contributed by atoms with Crippen molar-refractivity contribution < 1.29 is 27.9 Å². The number of H-pyrrole nitrogens is 1. The molecule has 1 aliphatic carbocycles. The largest absolute Gasteiger partial charge is 0.505 e. The van der Waals surface area contributed by atoms with Gasteiger partial charge in [-0.05, 0) is 71.9 Å². The molecule has 43 heavy (non-hydrogen) atoms. The number of amides is 2. The van der Waals surface area contributed by atoms with Crippen LogP contribution in [0.25, 0.3) is 0 Å². The summed E-state index contributed by atoms with van der Waals surface area (Å²) in [5.74, 6) is -1.44. The van der Waals surface area contributed by atoms with Crippen molar-refractivity contribution in [3.63, 3.8) is 0 Å². The Morgan fingerprint density at radius 2 is 2.02 bits per heavy atom. The van der Waals surface area contributed by atoms with Crippen LogP contribution < -0.4 is 10.9 Å². The van der Waals surface area contributed by atoms with E-state index in [2.05, 4.69) is 36.4 Å². The van der Waals surface area contributed by atoms with Gasteiger partial charge in [0.05, 0.1) is 16.3 Å². The van der Waals surface area contributed by atoms with E-state index in [4.69, 9.17) is 11.6 Å². The molecule has 1 saturated heterocycles. The van der Waals surface area contributed by atoms with Crippen LogP contribution in [-0.4, -0.2) is 59.5 Å². The van der Waals surface area contributed by atoms with E-state index in [9.17, 15) is 32.7 Å². The third-order valence-corrected chi connectivity index (χ3v) is 8.64. The molecule has 0 radical (unpaired) electrons. The summed E-state index contributed by atoms with van der Waals surface area (Å²) >= 11 is 9.31. The first-order valence-electron chi connectivity index (χ1n) is 13.2. The van der Waals surface area contributed by atoms with Crippen molar-refractivity contribution in [2.75, 3.05) is 18.4 Å². The van der Waals surface area contributed by atoms with Crippen LogP contribution in [-0.2, 0) is 36.4 Å². The summed E-state index contributed by atoms with van der Waals surface area (Å²) in [6.07, 6.45) is -0.894. The second kappa shape index (κ2) is 11.7. The number of benzene rings is 1. The highest BCUT2D eigenvalue weighted by atomic mass is 79.9. The standard InChI is InChI=1S/C27H26BrClF3N7O4/c1-37-25(28)36-39(13-20(41)34-17-7-6-15(12-16(17)29)27(30,31)32)23(42)21-18(35-37)4-2-8-26(21)9-11-38(14-26)24(43)22-19(40)5-3-10-33-22/h3,5-7,10,12,35,40H,2,4,8-9,11,13-14H2,1H3,(H,34,41). The highest BCUT2D eigenvalue weighted by Gasteiger charge is 2.46. The second-order valence-corrected chi connectivity index (χ2v) is 11.6. The minimum Gasteiger partial charge on any atom is -0.505 e. The van der Waals surface area contributed by atoms with E-state index in [1.807, 2.05) is 0 Å². The average Bonchev–Trinajstić information content (AvgIpc) is 3.36. The minimum atomic E-state index is -4.61. The molecule has 2 aliphatic rings. The molecule has 1 aliphatic heterocycles. The fourth-order valence-corrected chi connectivity index (χ4v) is 6.13. The molecule has 5 rings (SSSR count). The Bertz CT molecular complexity index is 1720. The van der Waals surface area contributed by atoms with Crippen molar-refractivity contribution in [2.24, 2.45) is 7.05 Å². The van der Waals surface area contributed by atoms with Crippen LogP contribution in [0.15, 0.2) is 46.1 Å². The number of aromatic amines is 1. The van der Waals surface area contributed by atoms with Crippen molar-refractivity contribution >= 4 is 45.0 Å². The van der Waals surface area contributed by atoms with Crippen LogP contribution in [0.5, 0.6) is 5.75 Å². The van der Waals surface area contributed by atoms with Crippen molar-refractivity contribution in [3.05, 3.63) is 79.2 Å². The Morgan fingerprint density at radius 3 is 2.72 bits per heavy atom. The molecule has 3 heterocycles. The molecule has 11 nitrogen and oxygen atoms in total. The van der Waals surface area contributed by atoms with E-state index in [-0.39, 0.29) is 33.4 Å². The Kier molecular flexibility index (Phi) is 8.31. The number of pyridine rings is 1. The van der Waals surface area contributed by atoms with Crippen LogP contribution in [0, 0.1) is 0 Å². The maximum absolute atomic E-state index is 14.2. The molecule has 0 bridgehead atoms. The normalized spacial score (nSPS) is 18.0. The monoisotopic (exact) mass is 683 g/mol. The van der Waals surface area contributed by atoms with Gasteiger partial charge in [-0.2, -0.15) is 13.2 Å². The lowest BCUT2D eigenvalue weighted by Crippen LogP contribution is -2.44. The lowest BCUT2D eigenvalue weighted by molar-refractivity contribution is -0.137. The van der Waals surface area contributed by atoms with E-state index in [0.717, 1.165) is 23.2 Å². The Balaban J connectivity index is 1.50. The molecule has 1 unspecified atom stereocenters. The van der Waals surface area contributed by atoms with Crippen molar-refractivity contribution in [1.29, 1.82) is 0 Å². The van der Waals surface area contributed by atoms with Gasteiger partial charge in [0.25, 0.3) is 11.5 Å². The third kappa shape index (κ3) is 6.13. The lowest BCUT2D eigenvalue weighted by Gasteiger charge is -2.34. The summed E-state index contributed by atoms with van der Waals surface area (Å²) in [6.45, 7) is -0.0745. The number of nitrogens with one attached hydrogen (secondary N) is 2. The molecule has 2 aromatic heterocycles. The van der Waals surface area contributed by atoms with Gasteiger partial charge in [-0.3, -0.25) is 19.1 Å². The van der Waals surface area contributed by atoms with E-state index < -0.39 is 41.1 Å². The number of carbonyl (C=O) groups is 2. The number of aromatic hydroxyl groups is 1. The van der Waals surface area contributed by atoms with Gasteiger partial charge in [-0.1, -0.05) is 11.6 Å². The molecule has 3 aromatic rings. The zero-order chi connectivity index (χ0) is 31.1. The van der Waals surface area contributed by atoms with Gasteiger partial charge in [0.2, 0.25) is 10.6 Å². The van der Waals surface area contributed by atoms with Gasteiger partial charge >= 0.3 is 6.18 Å². The second-order valence-electron chi connectivity index (χ2n) is 10.5. The molecule has 16 heteroatoms. The van der Waals surface area contributed by atoms with E-state index in [1.54, 1.807) is 16.6 Å². The molecule has 0 saturated carbocycles. The smallest absolute Gasteiger partial charge is 0.416 e. The summed E-state index contributed by atoms with van der Waals surface area (Å²) in [5, 5.41) is 19.8. The number of aryl methyl sites for hydroxylation is 2. The van der Waals surface area contributed by atoms with Gasteiger partial charge in [-0.15, -0.1) is 5.10 Å². The fourth-order valence-electron chi connectivity index (χ4n) is 5.62. The van der Waals surface area contributed by atoms with E-state index in [1.165, 1.54) is 18.3 Å². The van der Waals surface area contributed by atoms with Gasteiger partial charge in [-0.25, -0.2) is 9.67 Å². The molecule has 1 fully saturated rings. The van der Waals surface area contributed by atoms with Crippen LogP contribution in [0.2, 0.25) is 5.02 Å². The Morgan fingerprint density at radius 1 is 1.26 bits per heavy atom. The number of rotatable bonds is 4. The van der Waals surface area contributed by atoms with Crippen LogP contribution in [0.1, 0.15) is 46.6 Å². The highest BCUT2D eigenvalue weighted by molar-refractivity contribution is 9.10. The third-order valence-electron chi connectivity index (χ3n) is 7.64. The first-order chi connectivity index (χ1) is 20.3. The summed E-state index contributed by atoms with van der Waals surface area (Å²) in [4.78, 5) is 46.0. The van der Waals surface area contributed by atoms with Gasteiger partial charge < -0.3 is 20.4 Å². The molecular formula is C27H26BrClF3N7O4.